The van der Waals surface area contributed by atoms with E-state index in [0.717, 1.165) is 34.8 Å². The molecule has 0 atom stereocenters. The largest absolute Gasteiger partial charge is 0.385 e. The van der Waals surface area contributed by atoms with Gasteiger partial charge in [0.05, 0.1) is 11.3 Å². The monoisotopic (exact) mass is 287 g/mol. The fourth-order valence-electron chi connectivity index (χ4n) is 2.21. The third-order valence-electron chi connectivity index (χ3n) is 3.39. The van der Waals surface area contributed by atoms with E-state index < -0.39 is 0 Å². The van der Waals surface area contributed by atoms with E-state index in [1.807, 2.05) is 45.9 Å². The van der Waals surface area contributed by atoms with E-state index in [9.17, 15) is 4.79 Å². The smallest absolute Gasteiger partial charge is 0.253 e. The molecule has 112 valence electrons. The van der Waals surface area contributed by atoms with Gasteiger partial charge in [0.15, 0.2) is 0 Å². The summed E-state index contributed by atoms with van der Waals surface area (Å²) in [5.74, 6) is 0.638. The Balaban J connectivity index is 2.15. The molecule has 5 heteroatoms. The molecule has 2 rings (SSSR count). The lowest BCUT2D eigenvalue weighted by molar-refractivity contribution is 0.0951. The van der Waals surface area contributed by atoms with Gasteiger partial charge in [-0.15, -0.1) is 0 Å². The summed E-state index contributed by atoms with van der Waals surface area (Å²) in [4.78, 5) is 12.4. The van der Waals surface area contributed by atoms with E-state index in [-0.39, 0.29) is 5.91 Å². The second kappa shape index (κ2) is 6.43. The van der Waals surface area contributed by atoms with E-state index >= 15 is 0 Å². The molecule has 0 aliphatic carbocycles. The summed E-state index contributed by atoms with van der Waals surface area (Å²) in [6, 6.07) is 5.81. The quantitative estimate of drug-likeness (QED) is 0.887. The van der Waals surface area contributed by atoms with Gasteiger partial charge in [0, 0.05) is 24.3 Å². The molecule has 0 radical (unpaired) electrons. The third kappa shape index (κ3) is 3.42. The van der Waals surface area contributed by atoms with Crippen LogP contribution in [0.5, 0.6) is 0 Å². The van der Waals surface area contributed by atoms with E-state index in [2.05, 4.69) is 15.8 Å². The van der Waals surface area contributed by atoms with Crippen LogP contribution in [0, 0.1) is 20.8 Å². The van der Waals surface area contributed by atoms with Crippen LogP contribution in [0.2, 0.25) is 0 Å². The van der Waals surface area contributed by atoms with Crippen molar-refractivity contribution in [2.75, 3.05) is 11.9 Å². The highest BCUT2D eigenvalue weighted by Crippen LogP contribution is 2.18. The van der Waals surface area contributed by atoms with Crippen LogP contribution >= 0.6 is 0 Å². The Labute approximate surface area is 124 Å². The Hall–Kier alpha value is -2.30. The number of carbonyl (C=O) groups excluding carboxylic acids is 1. The number of hydrogen-bond acceptors (Lipinski definition) is 4. The summed E-state index contributed by atoms with van der Waals surface area (Å²) in [5.41, 5.74) is 4.30. The Kier molecular flexibility index (Phi) is 4.62. The van der Waals surface area contributed by atoms with Gasteiger partial charge in [-0.2, -0.15) is 0 Å². The molecule has 1 heterocycles. The average Bonchev–Trinajstić information content (AvgIpc) is 2.77. The zero-order valence-corrected chi connectivity index (χ0v) is 12.9. The molecule has 0 aliphatic rings. The van der Waals surface area contributed by atoms with Crippen LogP contribution in [-0.4, -0.2) is 17.6 Å². The van der Waals surface area contributed by atoms with Crippen LogP contribution in [0.4, 0.5) is 5.69 Å². The van der Waals surface area contributed by atoms with Crippen LogP contribution in [0.15, 0.2) is 22.7 Å². The van der Waals surface area contributed by atoms with Crippen molar-refractivity contribution in [3.63, 3.8) is 0 Å². The summed E-state index contributed by atoms with van der Waals surface area (Å²) < 4.78 is 5.10. The topological polar surface area (TPSA) is 67.2 Å². The molecule has 0 bridgehead atoms. The molecular weight excluding hydrogens is 266 g/mol. The van der Waals surface area contributed by atoms with Crippen molar-refractivity contribution < 1.29 is 9.32 Å². The van der Waals surface area contributed by atoms with Crippen molar-refractivity contribution in [2.45, 2.75) is 34.2 Å². The lowest BCUT2D eigenvalue weighted by Crippen LogP contribution is -2.24. The number of nitrogens with one attached hydrogen (secondary N) is 2. The van der Waals surface area contributed by atoms with Gasteiger partial charge in [-0.1, -0.05) is 16.8 Å². The molecule has 1 aromatic carbocycles. The first-order chi connectivity index (χ1) is 10.0. The Bertz CT molecular complexity index is 627. The van der Waals surface area contributed by atoms with Crippen LogP contribution in [0.25, 0.3) is 0 Å². The first kappa shape index (κ1) is 15.1. The molecule has 0 unspecified atom stereocenters. The van der Waals surface area contributed by atoms with Crippen molar-refractivity contribution in [1.29, 1.82) is 0 Å². The van der Waals surface area contributed by atoms with Gasteiger partial charge in [-0.25, -0.2) is 0 Å². The number of aromatic nitrogens is 1. The van der Waals surface area contributed by atoms with Crippen molar-refractivity contribution >= 4 is 11.6 Å². The lowest BCUT2D eigenvalue weighted by Gasteiger charge is -2.12. The minimum atomic E-state index is -0.102. The summed E-state index contributed by atoms with van der Waals surface area (Å²) in [5, 5.41) is 10.0. The lowest BCUT2D eigenvalue weighted by atomic mass is 10.1. The summed E-state index contributed by atoms with van der Waals surface area (Å²) in [6.07, 6.45) is 0. The molecule has 21 heavy (non-hydrogen) atoms. The molecular formula is C16H21N3O2. The molecule has 0 spiro atoms. The minimum absolute atomic E-state index is 0.102. The number of anilines is 1. The zero-order valence-electron chi connectivity index (χ0n) is 12.9. The Morgan fingerprint density at radius 2 is 2.05 bits per heavy atom. The number of benzene rings is 1. The fourth-order valence-corrected chi connectivity index (χ4v) is 2.21. The predicted molar refractivity (Wildman–Crippen MR) is 82.5 cm³/mol. The maximum Gasteiger partial charge on any atom is 0.253 e. The zero-order chi connectivity index (χ0) is 15.4. The van der Waals surface area contributed by atoms with Gasteiger partial charge in [0.25, 0.3) is 5.91 Å². The van der Waals surface area contributed by atoms with Gasteiger partial charge in [-0.3, -0.25) is 4.79 Å². The Morgan fingerprint density at radius 1 is 1.29 bits per heavy atom. The normalized spacial score (nSPS) is 10.5. The first-order valence-corrected chi connectivity index (χ1v) is 7.07. The average molecular weight is 287 g/mol. The van der Waals surface area contributed by atoms with E-state index in [4.69, 9.17) is 4.52 Å². The second-order valence-electron chi connectivity index (χ2n) is 5.06. The molecule has 5 nitrogen and oxygen atoms in total. The van der Waals surface area contributed by atoms with Gasteiger partial charge in [-0.05, 0) is 39.8 Å². The van der Waals surface area contributed by atoms with Crippen LogP contribution in [-0.2, 0) is 6.54 Å². The second-order valence-corrected chi connectivity index (χ2v) is 5.06. The number of carbonyl (C=O) groups is 1. The molecule has 0 saturated carbocycles. The van der Waals surface area contributed by atoms with Crippen molar-refractivity contribution in [2.24, 2.45) is 0 Å². The van der Waals surface area contributed by atoms with Crippen LogP contribution < -0.4 is 10.6 Å². The molecule has 0 fully saturated rings. The standard InChI is InChI=1S/C16H21N3O2/c1-5-17-15-7-6-10(2)8-13(15)16(20)18-9-14-11(3)19-21-12(14)4/h6-8,17H,5,9H2,1-4H3,(H,18,20). The fraction of sp³-hybridized carbons (Fsp3) is 0.375. The van der Waals surface area contributed by atoms with Gasteiger partial charge in [0.1, 0.15) is 5.76 Å². The number of hydrogen-bond donors (Lipinski definition) is 2. The van der Waals surface area contributed by atoms with Crippen molar-refractivity contribution in [3.05, 3.63) is 46.3 Å². The van der Waals surface area contributed by atoms with E-state index in [1.165, 1.54) is 0 Å². The van der Waals surface area contributed by atoms with E-state index in [1.54, 1.807) is 0 Å². The highest BCUT2D eigenvalue weighted by Gasteiger charge is 2.14. The predicted octanol–water partition coefficient (Wildman–Crippen LogP) is 2.96. The first-order valence-electron chi connectivity index (χ1n) is 7.07. The van der Waals surface area contributed by atoms with E-state index in [0.29, 0.717) is 12.1 Å². The van der Waals surface area contributed by atoms with Gasteiger partial charge in [0.2, 0.25) is 0 Å². The molecule has 2 aromatic rings. The number of nitrogens with zero attached hydrogens (tertiary/aromatic N) is 1. The maximum absolute atomic E-state index is 12.4. The van der Waals surface area contributed by atoms with Crippen molar-refractivity contribution in [3.8, 4) is 0 Å². The highest BCUT2D eigenvalue weighted by molar-refractivity contribution is 5.99. The van der Waals surface area contributed by atoms with Gasteiger partial charge < -0.3 is 15.2 Å². The summed E-state index contributed by atoms with van der Waals surface area (Å²) in [6.45, 7) is 8.88. The summed E-state index contributed by atoms with van der Waals surface area (Å²) >= 11 is 0. The molecule has 2 N–H and O–H groups in total. The van der Waals surface area contributed by atoms with Crippen molar-refractivity contribution in [1.82, 2.24) is 10.5 Å². The van der Waals surface area contributed by atoms with Crippen LogP contribution in [0.3, 0.4) is 0 Å². The number of amides is 1. The number of rotatable bonds is 5. The highest BCUT2D eigenvalue weighted by atomic mass is 16.5. The minimum Gasteiger partial charge on any atom is -0.385 e. The number of aryl methyl sites for hydroxylation is 3. The SMILES string of the molecule is CCNc1ccc(C)cc1C(=O)NCc1c(C)noc1C. The van der Waals surface area contributed by atoms with Crippen LogP contribution in [0.1, 0.15) is 39.9 Å². The third-order valence-corrected chi connectivity index (χ3v) is 3.39. The molecule has 1 amide bonds. The molecule has 0 saturated heterocycles. The molecule has 1 aromatic heterocycles. The summed E-state index contributed by atoms with van der Waals surface area (Å²) in [7, 11) is 0. The molecule has 0 aliphatic heterocycles. The maximum atomic E-state index is 12.4. The van der Waals surface area contributed by atoms with Gasteiger partial charge >= 0.3 is 0 Å². The Morgan fingerprint density at radius 3 is 2.67 bits per heavy atom.